The third-order valence-corrected chi connectivity index (χ3v) is 2.58. The molecule has 0 bridgehead atoms. The van der Waals surface area contributed by atoms with E-state index in [2.05, 4.69) is 0 Å². The lowest BCUT2D eigenvalue weighted by Crippen LogP contribution is -2.35. The van der Waals surface area contributed by atoms with Crippen LogP contribution >= 0.6 is 0 Å². The fourth-order valence-electron chi connectivity index (χ4n) is 1.94. The third kappa shape index (κ3) is 4.47. The first kappa shape index (κ1) is 14.7. The summed E-state index contributed by atoms with van der Waals surface area (Å²) in [5.41, 5.74) is 0.483. The second-order valence-electron chi connectivity index (χ2n) is 5.38. The van der Waals surface area contributed by atoms with E-state index in [0.717, 1.165) is 0 Å². The number of likely N-dealkylation sites (N-methyl/N-ethyl adjacent to an activating group) is 1. The highest BCUT2D eigenvalue weighted by Gasteiger charge is 2.16. The van der Waals surface area contributed by atoms with E-state index in [1.54, 1.807) is 26.0 Å². The number of hydrogen-bond donors (Lipinski definition) is 2. The fourth-order valence-corrected chi connectivity index (χ4v) is 1.94. The third-order valence-electron chi connectivity index (χ3n) is 2.58. The van der Waals surface area contributed by atoms with E-state index in [1.807, 2.05) is 11.9 Å². The Hall–Kier alpha value is -1.39. The lowest BCUT2D eigenvalue weighted by atomic mass is 10.1. The molecule has 0 saturated carbocycles. The molecule has 0 spiro atoms. The van der Waals surface area contributed by atoms with Gasteiger partial charge in [-0.05, 0) is 46.0 Å². The summed E-state index contributed by atoms with van der Waals surface area (Å²) in [6.07, 6.45) is 0. The van der Waals surface area contributed by atoms with Crippen LogP contribution in [0.5, 0.6) is 5.75 Å². The van der Waals surface area contributed by atoms with Gasteiger partial charge in [-0.25, -0.2) is 0 Å². The van der Waals surface area contributed by atoms with Gasteiger partial charge >= 0.3 is 0 Å². The Morgan fingerprint density at radius 1 is 1.39 bits per heavy atom. The number of phenols is 1. The summed E-state index contributed by atoms with van der Waals surface area (Å²) in [5, 5.41) is 19.5. The van der Waals surface area contributed by atoms with Crippen LogP contribution in [0.1, 0.15) is 36.7 Å². The molecule has 0 aliphatic heterocycles. The SMILES string of the molecule is CC(=O)c1ccc(O)c(CN(C)CC(C)(C)O)c1. The van der Waals surface area contributed by atoms with Crippen molar-refractivity contribution in [1.82, 2.24) is 4.90 Å². The Morgan fingerprint density at radius 3 is 2.50 bits per heavy atom. The lowest BCUT2D eigenvalue weighted by molar-refractivity contribution is 0.0422. The van der Waals surface area contributed by atoms with Crippen molar-refractivity contribution in [1.29, 1.82) is 0 Å². The molecule has 2 N–H and O–H groups in total. The molecule has 0 fully saturated rings. The quantitative estimate of drug-likeness (QED) is 0.783. The summed E-state index contributed by atoms with van der Waals surface area (Å²) in [7, 11) is 1.86. The Bertz CT molecular complexity index is 435. The molecule has 0 amide bonds. The van der Waals surface area contributed by atoms with Crippen LogP contribution < -0.4 is 0 Å². The molecule has 0 atom stereocenters. The topological polar surface area (TPSA) is 60.8 Å². The van der Waals surface area contributed by atoms with Crippen LogP contribution in [0.2, 0.25) is 0 Å². The molecule has 1 aromatic carbocycles. The van der Waals surface area contributed by atoms with Crippen molar-refractivity contribution in [3.8, 4) is 5.75 Å². The number of aliphatic hydroxyl groups is 1. The first-order valence-electron chi connectivity index (χ1n) is 5.93. The number of rotatable bonds is 5. The van der Waals surface area contributed by atoms with Crippen molar-refractivity contribution < 1.29 is 15.0 Å². The average Bonchev–Trinajstić information content (AvgIpc) is 2.18. The Kier molecular flexibility index (Phi) is 4.48. The lowest BCUT2D eigenvalue weighted by Gasteiger charge is -2.25. The van der Waals surface area contributed by atoms with E-state index >= 15 is 0 Å². The van der Waals surface area contributed by atoms with E-state index in [9.17, 15) is 15.0 Å². The number of phenolic OH excluding ortho intramolecular Hbond substituents is 1. The minimum Gasteiger partial charge on any atom is -0.508 e. The van der Waals surface area contributed by atoms with Crippen LogP contribution in [0.15, 0.2) is 18.2 Å². The van der Waals surface area contributed by atoms with E-state index in [0.29, 0.717) is 24.2 Å². The number of benzene rings is 1. The van der Waals surface area contributed by atoms with Crippen molar-refractivity contribution in [3.63, 3.8) is 0 Å². The number of carbonyl (C=O) groups excluding carboxylic acids is 1. The minimum atomic E-state index is -0.789. The van der Waals surface area contributed by atoms with Crippen LogP contribution in [0.3, 0.4) is 0 Å². The molecule has 0 radical (unpaired) electrons. The molecule has 0 aliphatic carbocycles. The van der Waals surface area contributed by atoms with Crippen LogP contribution in [-0.2, 0) is 6.54 Å². The van der Waals surface area contributed by atoms with Crippen molar-refractivity contribution >= 4 is 5.78 Å². The molecule has 1 aromatic rings. The van der Waals surface area contributed by atoms with Gasteiger partial charge in [0.25, 0.3) is 0 Å². The van der Waals surface area contributed by atoms with Crippen LogP contribution in [0.4, 0.5) is 0 Å². The second kappa shape index (κ2) is 5.50. The fraction of sp³-hybridized carbons (Fsp3) is 0.500. The Morgan fingerprint density at radius 2 is 2.00 bits per heavy atom. The van der Waals surface area contributed by atoms with Gasteiger partial charge in [0.1, 0.15) is 5.75 Å². The molecule has 0 unspecified atom stereocenters. The number of nitrogens with zero attached hydrogens (tertiary/aromatic N) is 1. The first-order chi connectivity index (χ1) is 8.19. The number of Topliss-reactive ketones (excluding diaryl/α,β-unsaturated/α-hetero) is 1. The van der Waals surface area contributed by atoms with Crippen molar-refractivity contribution in [2.45, 2.75) is 32.9 Å². The van der Waals surface area contributed by atoms with Crippen LogP contribution in [0, 0.1) is 0 Å². The van der Waals surface area contributed by atoms with Crippen molar-refractivity contribution in [2.24, 2.45) is 0 Å². The molecule has 0 heterocycles. The number of hydrogen-bond acceptors (Lipinski definition) is 4. The van der Waals surface area contributed by atoms with E-state index in [1.165, 1.54) is 13.0 Å². The monoisotopic (exact) mass is 251 g/mol. The summed E-state index contributed by atoms with van der Waals surface area (Å²) < 4.78 is 0. The van der Waals surface area contributed by atoms with E-state index < -0.39 is 5.60 Å². The average molecular weight is 251 g/mol. The van der Waals surface area contributed by atoms with Gasteiger partial charge < -0.3 is 10.2 Å². The molecule has 4 heteroatoms. The van der Waals surface area contributed by atoms with Gasteiger partial charge in [-0.3, -0.25) is 9.69 Å². The summed E-state index contributed by atoms with van der Waals surface area (Å²) in [6.45, 7) is 5.93. The van der Waals surface area contributed by atoms with E-state index in [4.69, 9.17) is 0 Å². The first-order valence-corrected chi connectivity index (χ1v) is 5.93. The van der Waals surface area contributed by atoms with Gasteiger partial charge in [0, 0.05) is 24.2 Å². The molecule has 0 aliphatic rings. The molecule has 4 nitrogen and oxygen atoms in total. The van der Waals surface area contributed by atoms with Gasteiger partial charge in [-0.15, -0.1) is 0 Å². The maximum atomic E-state index is 11.3. The highest BCUT2D eigenvalue weighted by molar-refractivity contribution is 5.94. The summed E-state index contributed by atoms with van der Waals surface area (Å²) in [4.78, 5) is 13.2. The Labute approximate surface area is 108 Å². The molecule has 0 aromatic heterocycles. The van der Waals surface area contributed by atoms with E-state index in [-0.39, 0.29) is 11.5 Å². The Balaban J connectivity index is 2.83. The zero-order chi connectivity index (χ0) is 13.9. The summed E-state index contributed by atoms with van der Waals surface area (Å²) in [6, 6.07) is 4.83. The highest BCUT2D eigenvalue weighted by Crippen LogP contribution is 2.21. The van der Waals surface area contributed by atoms with Gasteiger partial charge in [0.05, 0.1) is 5.60 Å². The minimum absolute atomic E-state index is 0.0265. The molecular formula is C14H21NO3. The smallest absolute Gasteiger partial charge is 0.159 e. The number of aromatic hydroxyl groups is 1. The molecule has 1 rings (SSSR count). The molecule has 18 heavy (non-hydrogen) atoms. The van der Waals surface area contributed by atoms with Gasteiger partial charge in [-0.2, -0.15) is 0 Å². The highest BCUT2D eigenvalue weighted by atomic mass is 16.3. The normalized spacial score (nSPS) is 11.9. The predicted molar refractivity (Wildman–Crippen MR) is 70.7 cm³/mol. The summed E-state index contributed by atoms with van der Waals surface area (Å²) >= 11 is 0. The molecule has 100 valence electrons. The van der Waals surface area contributed by atoms with Crippen LogP contribution in [0.25, 0.3) is 0 Å². The predicted octanol–water partition coefficient (Wildman–Crippen LogP) is 1.80. The van der Waals surface area contributed by atoms with Gasteiger partial charge in [-0.1, -0.05) is 0 Å². The molecule has 0 saturated heterocycles. The number of ketones is 1. The second-order valence-corrected chi connectivity index (χ2v) is 5.38. The van der Waals surface area contributed by atoms with Crippen molar-refractivity contribution in [2.75, 3.05) is 13.6 Å². The zero-order valence-corrected chi connectivity index (χ0v) is 11.4. The van der Waals surface area contributed by atoms with Gasteiger partial charge in [0.2, 0.25) is 0 Å². The van der Waals surface area contributed by atoms with Gasteiger partial charge in [0.15, 0.2) is 5.78 Å². The standard InChI is InChI=1S/C14H21NO3/c1-10(16)11-5-6-13(17)12(7-11)8-15(4)9-14(2,3)18/h5-7,17-18H,8-9H2,1-4H3. The zero-order valence-electron chi connectivity index (χ0n) is 11.4. The summed E-state index contributed by atoms with van der Waals surface area (Å²) in [5.74, 6) is 0.143. The largest absolute Gasteiger partial charge is 0.508 e. The maximum absolute atomic E-state index is 11.3. The maximum Gasteiger partial charge on any atom is 0.159 e. The van der Waals surface area contributed by atoms with Crippen LogP contribution in [-0.4, -0.2) is 40.1 Å². The number of carbonyl (C=O) groups is 1. The molecular weight excluding hydrogens is 230 g/mol. The van der Waals surface area contributed by atoms with Crippen molar-refractivity contribution in [3.05, 3.63) is 29.3 Å².